The van der Waals surface area contributed by atoms with Crippen molar-refractivity contribution in [2.75, 3.05) is 0 Å². The summed E-state index contributed by atoms with van der Waals surface area (Å²) in [5, 5.41) is 54.8. The van der Waals surface area contributed by atoms with Crippen LogP contribution < -0.4 is 0 Å². The molecule has 0 saturated heterocycles. The molecule has 0 amide bonds. The number of phenolic OH excluding ortho intramolecular Hbond substituents is 5. The Bertz CT molecular complexity index is 6230. The Hall–Kier alpha value is -7.28. The van der Waals surface area contributed by atoms with Gasteiger partial charge in [-0.3, -0.25) is 0 Å². The Kier molecular flexibility index (Phi) is 53.9. The Morgan fingerprint density at radius 2 is 0.439 bits per heavy atom. The molecule has 17 rings (SSSR count). The summed E-state index contributed by atoms with van der Waals surface area (Å²) in [4.78, 5) is 24.0. The van der Waals surface area contributed by atoms with E-state index >= 15 is 0 Å². The summed E-state index contributed by atoms with van der Waals surface area (Å²) in [5.74, 6) is 1.26. The molecule has 132 heavy (non-hydrogen) atoms. The van der Waals surface area contributed by atoms with Gasteiger partial charge < -0.3 is 25.5 Å². The molecule has 0 heterocycles. The van der Waals surface area contributed by atoms with Gasteiger partial charge in [-0.05, 0) is 138 Å². The summed E-state index contributed by atoms with van der Waals surface area (Å²) in [5.41, 5.74) is 20.1. The first-order chi connectivity index (χ1) is 64.6. The second-order valence-electron chi connectivity index (χ2n) is 27.4. The van der Waals surface area contributed by atoms with Gasteiger partial charge in [-0.25, -0.2) is 25.0 Å². The molecule has 0 atom stereocenters. The molecule has 0 aromatic heterocycles. The Balaban J connectivity index is 0.000000196. The minimum absolute atomic E-state index is 0.125. The molecule has 17 aromatic rings. The van der Waals surface area contributed by atoms with E-state index in [2.05, 4.69) is 132 Å². The molecule has 0 spiro atoms. The molecule has 25 heteroatoms. The minimum atomic E-state index is 0.125. The molecule has 10 nitrogen and oxygen atoms in total. The van der Waals surface area contributed by atoms with Gasteiger partial charge >= 0.3 is 206 Å². The predicted molar refractivity (Wildman–Crippen MR) is 573 cm³/mol. The second-order valence-corrected chi connectivity index (χ2v) is 66.8. The van der Waals surface area contributed by atoms with E-state index in [0.29, 0.717) is 5.56 Å². The first kappa shape index (κ1) is 110. The number of para-hydroxylation sites is 9. The van der Waals surface area contributed by atoms with Gasteiger partial charge in [0, 0.05) is 55.6 Å². The van der Waals surface area contributed by atoms with E-state index in [0.717, 1.165) is 140 Å². The number of nitrogens with zero attached hydrogens (tertiary/aromatic N) is 5. The second kappa shape index (κ2) is 64.7. The first-order valence-corrected chi connectivity index (χ1v) is 78.9. The SMILES string of the molecule is Cc1cccc(C(=Nc2ccccc2)c2ccccc2)c1O.Cc1cccc(C(=Nc2ccccc2)c2ccccc2)c1O.Oc1c(C(=Nc2ccccc2)c2ccccc2)cccc1-c1ccccc1.Oc1ccc2ccccc2c1C(=Nc1ccccc1)c1ccccc1.Oc1ccccc1C(=Nc1ccccc1)c1ccccc1.[Br][Ti][Br].[Br][Ti][Br].[Br][Ti][Br].[Br][Ti][Br].[Br][Ti][Br]. The molecule has 5 N–H and O–H groups in total. The van der Waals surface area contributed by atoms with Gasteiger partial charge in [-0.1, -0.05) is 352 Å². The molecule has 0 saturated carbocycles. The zero-order valence-corrected chi connectivity index (χ0v) is 94.6. The van der Waals surface area contributed by atoms with E-state index in [4.69, 9.17) is 25.0 Å². The molecular formula is C107H85Br10N5O5Ti5. The standard InChI is InChI=1S/C25H19NO.C23H17NO.2C20H17NO.C19H15NO.10BrH.5Ti/c27-25-22(19-11-4-1-5-12-19)17-10-18-23(25)24(20-13-6-2-7-14-20)26-21-15-8-3-9-16-21;25-21-16-15-17-9-7-8-14-20(17)22(21)23(18-10-3-1-4-11-18)24-19-12-5-2-6-13-19;2*1-15-9-8-14-18(20(15)22)19(16-10-4-2-5-11-16)21-17-12-6-3-7-13-17;21-18-14-8-7-13-17(18)19(15-9-3-1-4-10-15)20-16-11-5-2-6-12-16;;;;;;;;;;;;;;;/h1-18,27H;1-16,25H;2*2-14,22H,1H3;1-14,21H;10*1H;;;;;/q;;;;;;;;;;;;;;;5*+2/p-10. The first-order valence-electron chi connectivity index (χ1n) is 40.3. The van der Waals surface area contributed by atoms with Crippen molar-refractivity contribution in [2.45, 2.75) is 13.8 Å². The topological polar surface area (TPSA) is 163 Å². The zero-order chi connectivity index (χ0) is 94.3. The number of phenols is 5. The summed E-state index contributed by atoms with van der Waals surface area (Å²) in [6, 6.07) is 145. The van der Waals surface area contributed by atoms with E-state index < -0.39 is 0 Å². The number of rotatable bonds is 16. The zero-order valence-electron chi connectivity index (χ0n) is 71.0. The van der Waals surface area contributed by atoms with Gasteiger partial charge in [0.05, 0.1) is 62.6 Å². The van der Waals surface area contributed by atoms with Crippen LogP contribution in [0.1, 0.15) is 66.8 Å². The molecule has 0 aliphatic heterocycles. The third-order valence-electron chi connectivity index (χ3n) is 18.9. The Labute approximate surface area is 881 Å². The van der Waals surface area contributed by atoms with Gasteiger partial charge in [0.25, 0.3) is 0 Å². The molecule has 658 valence electrons. The van der Waals surface area contributed by atoms with E-state index in [1.807, 2.05) is 451 Å². The van der Waals surface area contributed by atoms with Gasteiger partial charge in [0.2, 0.25) is 0 Å². The average Bonchev–Trinajstić information content (AvgIpc) is 0.780. The fourth-order valence-electron chi connectivity index (χ4n) is 13.0. The van der Waals surface area contributed by atoms with E-state index in [1.165, 1.54) is 0 Å². The van der Waals surface area contributed by atoms with Gasteiger partial charge in [-0.15, -0.1) is 0 Å². The van der Waals surface area contributed by atoms with Crippen LogP contribution in [0.5, 0.6) is 28.7 Å². The monoisotopic (exact) mass is 2550 g/mol. The van der Waals surface area contributed by atoms with Crippen molar-refractivity contribution in [3.8, 4) is 39.9 Å². The normalized spacial score (nSPS) is 10.7. The molecule has 17 aromatic carbocycles. The number of halogens is 10. The maximum atomic E-state index is 11.1. The summed E-state index contributed by atoms with van der Waals surface area (Å²) in [6.07, 6.45) is 0. The van der Waals surface area contributed by atoms with Crippen LogP contribution in [-0.2, 0) is 74.8 Å². The summed E-state index contributed by atoms with van der Waals surface area (Å²) < 4.78 is 0. The van der Waals surface area contributed by atoms with E-state index in [-0.39, 0.29) is 104 Å². The number of aliphatic imine (C=N–C) groups is 5. The predicted octanol–water partition coefficient (Wildman–Crippen LogP) is 34.7. The third kappa shape index (κ3) is 37.0. The number of aryl methyl sites for hydroxylation is 2. The Morgan fingerprint density at radius 1 is 0.205 bits per heavy atom. The molecule has 0 bridgehead atoms. The van der Waals surface area contributed by atoms with E-state index in [9.17, 15) is 25.5 Å². The summed E-state index contributed by atoms with van der Waals surface area (Å²) in [7, 11) is 0. The van der Waals surface area contributed by atoms with Gasteiger partial charge in [0.15, 0.2) is 0 Å². The molecule has 0 aliphatic carbocycles. The summed E-state index contributed by atoms with van der Waals surface area (Å²) in [6.45, 7) is 3.79. The van der Waals surface area contributed by atoms with Crippen molar-refractivity contribution in [3.63, 3.8) is 0 Å². The number of hydrogen-bond acceptors (Lipinski definition) is 10. The van der Waals surface area contributed by atoms with Crippen molar-refractivity contribution >= 4 is 199 Å². The van der Waals surface area contributed by atoms with Crippen LogP contribution >= 0.6 is 132 Å². The quantitative estimate of drug-likeness (QED) is 0.0480. The van der Waals surface area contributed by atoms with Crippen LogP contribution in [0.3, 0.4) is 0 Å². The maximum absolute atomic E-state index is 11.1. The van der Waals surface area contributed by atoms with E-state index in [1.54, 1.807) is 12.1 Å². The third-order valence-corrected chi connectivity index (χ3v) is 18.9. The van der Waals surface area contributed by atoms with Crippen molar-refractivity contribution in [1.29, 1.82) is 0 Å². The molecule has 0 fully saturated rings. The molecule has 0 unspecified atom stereocenters. The number of fused-ring (bicyclic) bond motifs is 1. The van der Waals surface area contributed by atoms with Crippen LogP contribution in [0.25, 0.3) is 21.9 Å². The summed E-state index contributed by atoms with van der Waals surface area (Å²) >= 11 is 32.5. The van der Waals surface area contributed by atoms with Crippen molar-refractivity contribution in [3.05, 3.63) is 516 Å². The van der Waals surface area contributed by atoms with Crippen LogP contribution in [0.15, 0.2) is 474 Å². The van der Waals surface area contributed by atoms with Crippen molar-refractivity contribution in [1.82, 2.24) is 0 Å². The molecular weight excluding hydrogens is 2470 g/mol. The van der Waals surface area contributed by atoms with Crippen LogP contribution in [0, 0.1) is 13.8 Å². The molecule has 0 aliphatic rings. The van der Waals surface area contributed by atoms with Gasteiger partial charge in [0.1, 0.15) is 28.7 Å². The fraction of sp³-hybridized carbons (Fsp3) is 0.0187. The average molecular weight is 2560 g/mol. The number of benzene rings is 17. The van der Waals surface area contributed by atoms with Gasteiger partial charge in [-0.2, -0.15) is 0 Å². The van der Waals surface area contributed by atoms with Crippen LogP contribution in [0.2, 0.25) is 0 Å². The van der Waals surface area contributed by atoms with Crippen LogP contribution in [0.4, 0.5) is 28.4 Å². The number of hydrogen-bond donors (Lipinski definition) is 5. The van der Waals surface area contributed by atoms with Crippen LogP contribution in [-0.4, -0.2) is 54.1 Å². The van der Waals surface area contributed by atoms with Crippen molar-refractivity contribution < 1.29 is 100 Å². The Morgan fingerprint density at radius 3 is 0.758 bits per heavy atom. The molecule has 0 radical (unpaired) electrons. The number of aromatic hydroxyl groups is 5. The van der Waals surface area contributed by atoms with Crippen molar-refractivity contribution in [2.24, 2.45) is 25.0 Å². The fourth-order valence-corrected chi connectivity index (χ4v) is 13.0.